The zero-order valence-corrected chi connectivity index (χ0v) is 18.9. The van der Waals surface area contributed by atoms with Crippen molar-refractivity contribution < 1.29 is 14.3 Å². The Balaban J connectivity index is 1.94. The van der Waals surface area contributed by atoms with E-state index in [1.807, 2.05) is 83.1 Å². The van der Waals surface area contributed by atoms with Crippen molar-refractivity contribution in [3.63, 3.8) is 0 Å². The van der Waals surface area contributed by atoms with Crippen LogP contribution in [0.2, 0.25) is 0 Å². The lowest BCUT2D eigenvalue weighted by Gasteiger charge is -2.20. The molecule has 1 unspecified atom stereocenters. The van der Waals surface area contributed by atoms with Gasteiger partial charge >= 0.3 is 0 Å². The summed E-state index contributed by atoms with van der Waals surface area (Å²) in [4.78, 5) is 13.1. The first-order valence-electron chi connectivity index (χ1n) is 10.8. The number of hydrogen-bond acceptors (Lipinski definition) is 4. The third kappa shape index (κ3) is 6.19. The summed E-state index contributed by atoms with van der Waals surface area (Å²) in [6.07, 6.45) is 0.715. The van der Waals surface area contributed by atoms with Gasteiger partial charge in [0.15, 0.2) is 17.3 Å². The van der Waals surface area contributed by atoms with Crippen LogP contribution in [0.4, 0.5) is 0 Å². The number of ether oxygens (including phenoxy) is 2. The van der Waals surface area contributed by atoms with Gasteiger partial charge in [-0.25, -0.2) is 0 Å². The molecule has 0 saturated heterocycles. The number of benzene rings is 3. The molecule has 0 spiro atoms. The molecule has 4 nitrogen and oxygen atoms in total. The van der Waals surface area contributed by atoms with Gasteiger partial charge in [0.25, 0.3) is 0 Å². The van der Waals surface area contributed by atoms with E-state index < -0.39 is 0 Å². The zero-order valence-electron chi connectivity index (χ0n) is 18.9. The van der Waals surface area contributed by atoms with E-state index in [2.05, 4.69) is 5.32 Å². The Morgan fingerprint density at radius 2 is 1.32 bits per heavy atom. The first kappa shape index (κ1) is 22.6. The molecule has 0 aliphatic carbocycles. The molecule has 0 radical (unpaired) electrons. The van der Waals surface area contributed by atoms with Crippen molar-refractivity contribution >= 4 is 5.78 Å². The first-order chi connectivity index (χ1) is 14.9. The fourth-order valence-corrected chi connectivity index (χ4v) is 3.27. The van der Waals surface area contributed by atoms with Crippen molar-refractivity contribution in [3.05, 3.63) is 83.4 Å². The Bertz CT molecular complexity index is 1010. The Morgan fingerprint density at radius 3 is 1.81 bits per heavy atom. The van der Waals surface area contributed by atoms with Crippen molar-refractivity contribution in [1.82, 2.24) is 5.32 Å². The van der Waals surface area contributed by atoms with Crippen LogP contribution in [0.25, 0.3) is 0 Å². The Morgan fingerprint density at radius 1 is 0.806 bits per heavy atom. The summed E-state index contributed by atoms with van der Waals surface area (Å²) in [6, 6.07) is 21.0. The molecule has 4 heteroatoms. The molecule has 3 rings (SSSR count). The van der Waals surface area contributed by atoms with Gasteiger partial charge in [-0.15, -0.1) is 0 Å². The van der Waals surface area contributed by atoms with Gasteiger partial charge in [0.05, 0.1) is 6.04 Å². The quantitative estimate of drug-likeness (QED) is 0.387. The Kier molecular flexibility index (Phi) is 7.48. The van der Waals surface area contributed by atoms with Gasteiger partial charge in [-0.3, -0.25) is 4.79 Å². The highest BCUT2D eigenvalue weighted by Gasteiger charge is 2.21. The minimum atomic E-state index is -0.240. The van der Waals surface area contributed by atoms with Crippen molar-refractivity contribution in [2.24, 2.45) is 0 Å². The van der Waals surface area contributed by atoms with Gasteiger partial charge < -0.3 is 14.8 Å². The first-order valence-corrected chi connectivity index (χ1v) is 10.8. The molecule has 31 heavy (non-hydrogen) atoms. The highest BCUT2D eigenvalue weighted by atomic mass is 16.5. The van der Waals surface area contributed by atoms with E-state index >= 15 is 0 Å². The lowest BCUT2D eigenvalue weighted by atomic mass is 10.0. The van der Waals surface area contributed by atoms with Crippen LogP contribution in [0.3, 0.4) is 0 Å². The second kappa shape index (κ2) is 10.3. The number of Topliss-reactive ketones (excluding diaryl/α,β-unsaturated/α-hetero) is 1. The van der Waals surface area contributed by atoms with Crippen LogP contribution < -0.4 is 14.8 Å². The van der Waals surface area contributed by atoms with E-state index in [1.165, 1.54) is 0 Å². The molecule has 0 heterocycles. The number of aryl methyl sites for hydroxylation is 2. The highest BCUT2D eigenvalue weighted by Crippen LogP contribution is 2.36. The average Bonchev–Trinajstić information content (AvgIpc) is 2.75. The van der Waals surface area contributed by atoms with Gasteiger partial charge in [-0.05, 0) is 62.7 Å². The molecule has 0 aliphatic heterocycles. The molecular formula is C27H31NO3. The van der Waals surface area contributed by atoms with E-state index in [0.717, 1.165) is 11.1 Å². The van der Waals surface area contributed by atoms with Gasteiger partial charge in [0, 0.05) is 11.6 Å². The lowest BCUT2D eigenvalue weighted by Crippen LogP contribution is -2.40. The van der Waals surface area contributed by atoms with E-state index in [1.54, 1.807) is 18.2 Å². The number of nitrogens with one attached hydrogen (secondary N) is 1. The molecule has 162 valence electrons. The molecule has 0 fully saturated rings. The van der Waals surface area contributed by atoms with E-state index in [-0.39, 0.29) is 17.9 Å². The summed E-state index contributed by atoms with van der Waals surface area (Å²) in [5.41, 5.74) is 2.91. The summed E-state index contributed by atoms with van der Waals surface area (Å²) in [7, 11) is 0. The smallest absolute Gasteiger partial charge is 0.179 e. The maximum atomic E-state index is 13.1. The van der Waals surface area contributed by atoms with Crippen LogP contribution in [0.5, 0.6) is 23.0 Å². The molecule has 3 aromatic carbocycles. The molecule has 3 aromatic rings. The SMILES string of the molecule is CCC(NC(C)C)C(=O)c1ccc(Oc2ccc(C)cc2)c(Oc2ccc(C)cc2)c1. The normalized spacial score (nSPS) is 11.9. The predicted molar refractivity (Wildman–Crippen MR) is 126 cm³/mol. The largest absolute Gasteiger partial charge is 0.453 e. The number of rotatable bonds is 9. The molecule has 0 amide bonds. The number of ketones is 1. The number of hydrogen-bond donors (Lipinski definition) is 1. The Labute approximate surface area is 185 Å². The molecule has 1 atom stereocenters. The third-order valence-corrected chi connectivity index (χ3v) is 4.99. The topological polar surface area (TPSA) is 47.6 Å². The second-order valence-corrected chi connectivity index (χ2v) is 8.14. The van der Waals surface area contributed by atoms with Crippen LogP contribution in [-0.2, 0) is 0 Å². The van der Waals surface area contributed by atoms with Crippen LogP contribution in [0.15, 0.2) is 66.7 Å². The van der Waals surface area contributed by atoms with Crippen molar-refractivity contribution in [3.8, 4) is 23.0 Å². The van der Waals surface area contributed by atoms with Crippen molar-refractivity contribution in [2.45, 2.75) is 53.1 Å². The lowest BCUT2D eigenvalue weighted by molar-refractivity contribution is 0.0935. The predicted octanol–water partition coefficient (Wildman–Crippen LogP) is 6.85. The molecule has 0 saturated carbocycles. The summed E-state index contributed by atoms with van der Waals surface area (Å²) in [6.45, 7) is 10.2. The molecular weight excluding hydrogens is 386 g/mol. The maximum absolute atomic E-state index is 13.1. The van der Waals surface area contributed by atoms with Crippen LogP contribution in [0, 0.1) is 13.8 Å². The van der Waals surface area contributed by atoms with Crippen LogP contribution in [0.1, 0.15) is 48.7 Å². The fourth-order valence-electron chi connectivity index (χ4n) is 3.27. The van der Waals surface area contributed by atoms with Crippen LogP contribution >= 0.6 is 0 Å². The number of carbonyl (C=O) groups is 1. The average molecular weight is 418 g/mol. The second-order valence-electron chi connectivity index (χ2n) is 8.14. The van der Waals surface area contributed by atoms with Gasteiger partial charge in [0.2, 0.25) is 0 Å². The van der Waals surface area contributed by atoms with E-state index in [4.69, 9.17) is 9.47 Å². The van der Waals surface area contributed by atoms with Crippen LogP contribution in [-0.4, -0.2) is 17.9 Å². The summed E-state index contributed by atoms with van der Waals surface area (Å²) in [5, 5.41) is 3.34. The molecule has 0 aliphatic rings. The number of carbonyl (C=O) groups excluding carboxylic acids is 1. The maximum Gasteiger partial charge on any atom is 0.179 e. The minimum Gasteiger partial charge on any atom is -0.453 e. The monoisotopic (exact) mass is 417 g/mol. The van der Waals surface area contributed by atoms with Gasteiger partial charge in [0.1, 0.15) is 11.5 Å². The zero-order chi connectivity index (χ0) is 22.4. The molecule has 0 bridgehead atoms. The highest BCUT2D eigenvalue weighted by molar-refractivity contribution is 6.00. The summed E-state index contributed by atoms with van der Waals surface area (Å²) in [5.74, 6) is 2.52. The van der Waals surface area contributed by atoms with Gasteiger partial charge in [-0.1, -0.05) is 56.2 Å². The summed E-state index contributed by atoms with van der Waals surface area (Å²) < 4.78 is 12.2. The van der Waals surface area contributed by atoms with E-state index in [0.29, 0.717) is 35.0 Å². The van der Waals surface area contributed by atoms with Crippen molar-refractivity contribution in [2.75, 3.05) is 0 Å². The Hall–Kier alpha value is -3.11. The van der Waals surface area contributed by atoms with E-state index in [9.17, 15) is 4.79 Å². The van der Waals surface area contributed by atoms with Gasteiger partial charge in [-0.2, -0.15) is 0 Å². The third-order valence-electron chi connectivity index (χ3n) is 4.99. The minimum absolute atomic E-state index is 0.0480. The summed E-state index contributed by atoms with van der Waals surface area (Å²) >= 11 is 0. The standard InChI is InChI=1S/C27H31NO3/c1-6-24(28-18(2)3)27(29)21-11-16-25(30-22-12-7-19(4)8-13-22)26(17-21)31-23-14-9-20(5)10-15-23/h7-18,24,28H,6H2,1-5H3. The fraction of sp³-hybridized carbons (Fsp3) is 0.296. The molecule has 0 aromatic heterocycles. The molecule has 1 N–H and O–H groups in total. The van der Waals surface area contributed by atoms with Crippen molar-refractivity contribution in [1.29, 1.82) is 0 Å².